The lowest BCUT2D eigenvalue weighted by atomic mass is 10.0. The van der Waals surface area contributed by atoms with E-state index in [0.717, 1.165) is 31.3 Å². The third-order valence-electron chi connectivity index (χ3n) is 2.23. The van der Waals surface area contributed by atoms with Gasteiger partial charge in [-0.3, -0.25) is 4.79 Å². The second kappa shape index (κ2) is 4.24. The Morgan fingerprint density at radius 3 is 2.58 bits per heavy atom. The van der Waals surface area contributed by atoms with E-state index in [9.17, 15) is 4.79 Å². The van der Waals surface area contributed by atoms with Crippen LogP contribution < -0.4 is 0 Å². The molecule has 0 heterocycles. The smallest absolute Gasteiger partial charge is 0.163 e. The van der Waals surface area contributed by atoms with Crippen LogP contribution in [0.3, 0.4) is 0 Å². The Hall–Kier alpha value is -0.850. The number of ketones is 1. The Morgan fingerprint density at radius 1 is 1.17 bits per heavy atom. The molecule has 0 saturated carbocycles. The van der Waals surface area contributed by atoms with E-state index in [1.807, 2.05) is 19.9 Å². The van der Waals surface area contributed by atoms with E-state index in [0.29, 0.717) is 5.78 Å². The van der Waals surface area contributed by atoms with Gasteiger partial charge in [0.05, 0.1) is 0 Å². The Bertz CT molecular complexity index is 229. The van der Waals surface area contributed by atoms with Crippen LogP contribution in [-0.4, -0.2) is 5.78 Å². The molecule has 2 aliphatic carbocycles. The van der Waals surface area contributed by atoms with Crippen molar-refractivity contribution in [2.75, 3.05) is 0 Å². The Balaban J connectivity index is 0.000000336. The molecule has 1 heteroatoms. The van der Waals surface area contributed by atoms with Gasteiger partial charge in [-0.25, -0.2) is 0 Å². The molecule has 0 fully saturated rings. The summed E-state index contributed by atoms with van der Waals surface area (Å²) >= 11 is 0. The van der Waals surface area contributed by atoms with E-state index in [-0.39, 0.29) is 0 Å². The fraction of sp³-hybridized carbons (Fsp3) is 0.545. The van der Waals surface area contributed by atoms with Crippen molar-refractivity contribution in [2.45, 2.75) is 39.5 Å². The fourth-order valence-electron chi connectivity index (χ4n) is 1.66. The Kier molecular flexibility index (Phi) is 3.27. The SMILES string of the molecule is CC.O=C1CCC2=C1C=CCC2. The number of carbonyl (C=O) groups is 1. The van der Waals surface area contributed by atoms with E-state index in [1.54, 1.807) is 0 Å². The molecule has 1 nitrogen and oxygen atoms in total. The summed E-state index contributed by atoms with van der Waals surface area (Å²) < 4.78 is 0. The number of carbonyl (C=O) groups excluding carboxylic acids is 1. The second-order valence-corrected chi connectivity index (χ2v) is 2.88. The monoisotopic (exact) mass is 164 g/mol. The molecule has 0 unspecified atom stereocenters. The molecule has 0 amide bonds. The summed E-state index contributed by atoms with van der Waals surface area (Å²) in [6.45, 7) is 4.00. The third-order valence-corrected chi connectivity index (χ3v) is 2.23. The lowest BCUT2D eigenvalue weighted by molar-refractivity contribution is -0.114. The topological polar surface area (TPSA) is 17.1 Å². The molecule has 66 valence electrons. The summed E-state index contributed by atoms with van der Waals surface area (Å²) in [5, 5.41) is 0. The maximum Gasteiger partial charge on any atom is 0.163 e. The molecule has 0 spiro atoms. The Morgan fingerprint density at radius 2 is 1.92 bits per heavy atom. The summed E-state index contributed by atoms with van der Waals surface area (Å²) in [7, 11) is 0. The number of hydrogen-bond acceptors (Lipinski definition) is 1. The van der Waals surface area contributed by atoms with Crippen molar-refractivity contribution in [3.05, 3.63) is 23.3 Å². The van der Waals surface area contributed by atoms with E-state index >= 15 is 0 Å². The first-order valence-corrected chi connectivity index (χ1v) is 4.80. The average molecular weight is 164 g/mol. The summed E-state index contributed by atoms with van der Waals surface area (Å²) in [5.74, 6) is 0.353. The highest BCUT2D eigenvalue weighted by atomic mass is 16.1. The first-order valence-electron chi connectivity index (χ1n) is 4.80. The van der Waals surface area contributed by atoms with Crippen LogP contribution in [0, 0.1) is 0 Å². The minimum Gasteiger partial charge on any atom is -0.294 e. The molecule has 0 N–H and O–H groups in total. The van der Waals surface area contributed by atoms with Gasteiger partial charge in [-0.15, -0.1) is 0 Å². The predicted molar refractivity (Wildman–Crippen MR) is 51.0 cm³/mol. The standard InChI is InChI=1S/C9H10O.C2H6/c10-9-6-5-7-3-1-2-4-8(7)9;1-2/h2,4H,1,3,5-6H2;1-2H3. The highest BCUT2D eigenvalue weighted by Crippen LogP contribution is 2.30. The normalized spacial score (nSPS) is 20.3. The van der Waals surface area contributed by atoms with Crippen molar-refractivity contribution in [3.8, 4) is 0 Å². The van der Waals surface area contributed by atoms with Crippen LogP contribution in [0.5, 0.6) is 0 Å². The molecular weight excluding hydrogens is 148 g/mol. The van der Waals surface area contributed by atoms with Crippen molar-refractivity contribution >= 4 is 5.78 Å². The highest BCUT2D eigenvalue weighted by Gasteiger charge is 2.21. The molecule has 0 aromatic carbocycles. The van der Waals surface area contributed by atoms with Crippen LogP contribution in [0.1, 0.15) is 39.5 Å². The van der Waals surface area contributed by atoms with Gasteiger partial charge in [0.2, 0.25) is 0 Å². The zero-order valence-electron chi connectivity index (χ0n) is 7.89. The lowest BCUT2D eigenvalue weighted by Crippen LogP contribution is -1.95. The van der Waals surface area contributed by atoms with Gasteiger partial charge in [-0.2, -0.15) is 0 Å². The van der Waals surface area contributed by atoms with Gasteiger partial charge in [0.15, 0.2) is 5.78 Å². The average Bonchev–Trinajstić information content (AvgIpc) is 2.53. The minimum atomic E-state index is 0.353. The first kappa shape index (κ1) is 9.24. The molecule has 0 radical (unpaired) electrons. The predicted octanol–water partition coefficient (Wildman–Crippen LogP) is 3.02. The Labute approximate surface area is 74.2 Å². The van der Waals surface area contributed by atoms with Crippen LogP contribution in [0.2, 0.25) is 0 Å². The van der Waals surface area contributed by atoms with Crippen LogP contribution in [-0.2, 0) is 4.79 Å². The van der Waals surface area contributed by atoms with Gasteiger partial charge in [0, 0.05) is 12.0 Å². The number of Topliss-reactive ketones (excluding diaryl/α,β-unsaturated/α-hetero) is 1. The molecule has 0 aromatic heterocycles. The first-order chi connectivity index (χ1) is 5.88. The molecule has 12 heavy (non-hydrogen) atoms. The maximum atomic E-state index is 11.1. The largest absolute Gasteiger partial charge is 0.294 e. The van der Waals surface area contributed by atoms with E-state index in [2.05, 4.69) is 6.08 Å². The zero-order valence-corrected chi connectivity index (χ0v) is 7.89. The molecule has 0 aromatic rings. The quantitative estimate of drug-likeness (QED) is 0.538. The summed E-state index contributed by atoms with van der Waals surface area (Å²) in [5.41, 5.74) is 2.42. The van der Waals surface area contributed by atoms with Gasteiger partial charge in [0.1, 0.15) is 0 Å². The van der Waals surface area contributed by atoms with Gasteiger partial charge >= 0.3 is 0 Å². The van der Waals surface area contributed by atoms with Crippen molar-refractivity contribution in [1.82, 2.24) is 0 Å². The number of rotatable bonds is 0. The van der Waals surface area contributed by atoms with E-state index in [4.69, 9.17) is 0 Å². The highest BCUT2D eigenvalue weighted by molar-refractivity contribution is 6.01. The maximum absolute atomic E-state index is 11.1. The molecule has 0 aliphatic heterocycles. The van der Waals surface area contributed by atoms with Crippen LogP contribution in [0.4, 0.5) is 0 Å². The van der Waals surface area contributed by atoms with Crippen molar-refractivity contribution in [1.29, 1.82) is 0 Å². The van der Waals surface area contributed by atoms with Gasteiger partial charge in [-0.05, 0) is 19.3 Å². The van der Waals surface area contributed by atoms with Crippen molar-refractivity contribution in [2.24, 2.45) is 0 Å². The third kappa shape index (κ3) is 1.66. The molecule has 0 saturated heterocycles. The van der Waals surface area contributed by atoms with Gasteiger partial charge in [0.25, 0.3) is 0 Å². The molecule has 0 bridgehead atoms. The van der Waals surface area contributed by atoms with Gasteiger partial charge in [-0.1, -0.05) is 31.6 Å². The van der Waals surface area contributed by atoms with Crippen LogP contribution in [0.15, 0.2) is 23.3 Å². The fourth-order valence-corrected chi connectivity index (χ4v) is 1.66. The molecule has 2 rings (SSSR count). The molecule has 2 aliphatic rings. The second-order valence-electron chi connectivity index (χ2n) is 2.88. The molecule has 0 atom stereocenters. The van der Waals surface area contributed by atoms with Crippen LogP contribution in [0.25, 0.3) is 0 Å². The van der Waals surface area contributed by atoms with E-state index < -0.39 is 0 Å². The van der Waals surface area contributed by atoms with Gasteiger partial charge < -0.3 is 0 Å². The van der Waals surface area contributed by atoms with E-state index in [1.165, 1.54) is 5.57 Å². The summed E-state index contributed by atoms with van der Waals surface area (Å²) in [6.07, 6.45) is 8.13. The lowest BCUT2D eigenvalue weighted by Gasteiger charge is -2.04. The van der Waals surface area contributed by atoms with Crippen LogP contribution >= 0.6 is 0 Å². The summed E-state index contributed by atoms with van der Waals surface area (Å²) in [6, 6.07) is 0. The number of hydrogen-bond donors (Lipinski definition) is 0. The number of allylic oxidation sites excluding steroid dienone is 4. The van der Waals surface area contributed by atoms with Crippen molar-refractivity contribution < 1.29 is 4.79 Å². The molecular formula is C11H16O. The zero-order chi connectivity index (χ0) is 8.97. The van der Waals surface area contributed by atoms with Crippen molar-refractivity contribution in [3.63, 3.8) is 0 Å². The summed E-state index contributed by atoms with van der Waals surface area (Å²) in [4.78, 5) is 11.1. The minimum absolute atomic E-state index is 0.353.